The number of carbonyl (C=O) groups is 1. The maximum absolute atomic E-state index is 12.6. The van der Waals surface area contributed by atoms with Crippen molar-refractivity contribution in [1.29, 1.82) is 0 Å². The van der Waals surface area contributed by atoms with Crippen LogP contribution in [0, 0.1) is 20.8 Å². The lowest BCUT2D eigenvalue weighted by molar-refractivity contribution is 0.101. The summed E-state index contributed by atoms with van der Waals surface area (Å²) in [7, 11) is 1.61. The molecule has 0 fully saturated rings. The summed E-state index contributed by atoms with van der Waals surface area (Å²) in [6.07, 6.45) is 0. The molecule has 0 aliphatic carbocycles. The number of anilines is 1. The molecule has 0 aliphatic heterocycles. The van der Waals surface area contributed by atoms with Crippen LogP contribution in [-0.2, 0) is 6.61 Å². The van der Waals surface area contributed by atoms with Crippen LogP contribution in [-0.4, -0.2) is 18.2 Å². The molecule has 0 spiro atoms. The van der Waals surface area contributed by atoms with Crippen molar-refractivity contribution in [1.82, 2.24) is 5.16 Å². The minimum atomic E-state index is -0.330. The van der Waals surface area contributed by atoms with Crippen LogP contribution in [0.4, 0.5) is 5.69 Å². The quantitative estimate of drug-likeness (QED) is 0.698. The number of aryl methyl sites for hydroxylation is 3. The van der Waals surface area contributed by atoms with E-state index in [9.17, 15) is 4.79 Å². The largest absolute Gasteiger partial charge is 0.497 e. The van der Waals surface area contributed by atoms with Crippen molar-refractivity contribution >= 4 is 11.6 Å². The fourth-order valence-electron chi connectivity index (χ4n) is 2.58. The summed E-state index contributed by atoms with van der Waals surface area (Å²) in [6, 6.07) is 13.0. The molecule has 0 radical (unpaired) electrons. The number of hydrogen-bond acceptors (Lipinski definition) is 5. The Morgan fingerprint density at radius 3 is 2.41 bits per heavy atom. The molecule has 6 heteroatoms. The molecule has 0 saturated heterocycles. The Kier molecular flexibility index (Phi) is 5.45. The highest BCUT2D eigenvalue weighted by atomic mass is 16.5. The topological polar surface area (TPSA) is 73.6 Å². The maximum Gasteiger partial charge on any atom is 0.278 e. The van der Waals surface area contributed by atoms with Crippen molar-refractivity contribution in [2.75, 3.05) is 12.4 Å². The number of aromatic nitrogens is 1. The normalized spacial score (nSPS) is 10.5. The lowest BCUT2D eigenvalue weighted by atomic mass is 10.1. The zero-order chi connectivity index (χ0) is 19.4. The average Bonchev–Trinajstić information content (AvgIpc) is 3.04. The molecule has 3 rings (SSSR count). The monoisotopic (exact) mass is 366 g/mol. The van der Waals surface area contributed by atoms with E-state index in [1.807, 2.05) is 44.2 Å². The van der Waals surface area contributed by atoms with E-state index in [1.165, 1.54) is 5.56 Å². The smallest absolute Gasteiger partial charge is 0.278 e. The summed E-state index contributed by atoms with van der Waals surface area (Å²) < 4.78 is 16.1. The lowest BCUT2D eigenvalue weighted by Gasteiger charge is -2.09. The van der Waals surface area contributed by atoms with Gasteiger partial charge in [0.1, 0.15) is 23.9 Å². The highest BCUT2D eigenvalue weighted by molar-refractivity contribution is 6.03. The van der Waals surface area contributed by atoms with Crippen molar-refractivity contribution in [2.45, 2.75) is 27.4 Å². The molecule has 1 heterocycles. The van der Waals surface area contributed by atoms with Crippen LogP contribution in [0.2, 0.25) is 0 Å². The number of nitrogens with zero attached hydrogens (tertiary/aromatic N) is 1. The molecule has 0 unspecified atom stereocenters. The van der Waals surface area contributed by atoms with Crippen molar-refractivity contribution < 1.29 is 18.8 Å². The number of ether oxygens (including phenoxy) is 2. The Hall–Kier alpha value is -3.28. The molecule has 2 aromatic carbocycles. The van der Waals surface area contributed by atoms with Crippen LogP contribution >= 0.6 is 0 Å². The molecular formula is C21H22N2O4. The summed E-state index contributed by atoms with van der Waals surface area (Å²) in [6.45, 7) is 5.96. The molecule has 1 amide bonds. The van der Waals surface area contributed by atoms with Crippen molar-refractivity contribution in [3.8, 4) is 11.5 Å². The highest BCUT2D eigenvalue weighted by Crippen LogP contribution is 2.22. The average molecular weight is 366 g/mol. The summed E-state index contributed by atoms with van der Waals surface area (Å²) in [5.41, 5.74) is 3.82. The van der Waals surface area contributed by atoms with Crippen LogP contribution in [0.1, 0.15) is 32.9 Å². The minimum Gasteiger partial charge on any atom is -0.497 e. The van der Waals surface area contributed by atoms with E-state index < -0.39 is 0 Å². The molecular weight excluding hydrogens is 344 g/mol. The molecule has 0 atom stereocenters. The SMILES string of the molecule is COc1ccc(OCc2c(C(=O)Nc3ccc(C)c(C)c3)noc2C)cc1. The van der Waals surface area contributed by atoms with Gasteiger partial charge in [-0.2, -0.15) is 0 Å². The Morgan fingerprint density at radius 1 is 1.04 bits per heavy atom. The van der Waals surface area contributed by atoms with Crippen LogP contribution in [0.5, 0.6) is 11.5 Å². The number of nitrogens with one attached hydrogen (secondary N) is 1. The number of methoxy groups -OCH3 is 1. The molecule has 0 bridgehead atoms. The third kappa shape index (κ3) is 4.28. The van der Waals surface area contributed by atoms with E-state index in [4.69, 9.17) is 14.0 Å². The van der Waals surface area contributed by atoms with Crippen LogP contribution < -0.4 is 14.8 Å². The number of hydrogen-bond donors (Lipinski definition) is 1. The van der Waals surface area contributed by atoms with Crippen molar-refractivity contribution in [3.63, 3.8) is 0 Å². The van der Waals surface area contributed by atoms with Crippen LogP contribution in [0.15, 0.2) is 47.0 Å². The van der Waals surface area contributed by atoms with Crippen LogP contribution in [0.25, 0.3) is 0 Å². The second-order valence-electron chi connectivity index (χ2n) is 6.28. The predicted octanol–water partition coefficient (Wildman–Crippen LogP) is 4.44. The van der Waals surface area contributed by atoms with Gasteiger partial charge in [0.25, 0.3) is 5.91 Å². The summed E-state index contributed by atoms with van der Waals surface area (Å²) in [4.78, 5) is 12.6. The van der Waals surface area contributed by atoms with Crippen LogP contribution in [0.3, 0.4) is 0 Å². The van der Waals surface area contributed by atoms with E-state index in [-0.39, 0.29) is 18.2 Å². The van der Waals surface area contributed by atoms with Gasteiger partial charge in [-0.15, -0.1) is 0 Å². The van der Waals surface area contributed by atoms with Gasteiger partial charge in [-0.3, -0.25) is 4.79 Å². The van der Waals surface area contributed by atoms with E-state index in [2.05, 4.69) is 10.5 Å². The molecule has 27 heavy (non-hydrogen) atoms. The highest BCUT2D eigenvalue weighted by Gasteiger charge is 2.20. The standard InChI is InChI=1S/C21H22N2O4/c1-13-5-6-16(11-14(13)2)22-21(24)20-19(15(3)27-23-20)12-26-18-9-7-17(25-4)8-10-18/h5-11H,12H2,1-4H3,(H,22,24). The first-order valence-corrected chi connectivity index (χ1v) is 8.58. The van der Waals surface area contributed by atoms with Gasteiger partial charge < -0.3 is 19.3 Å². The van der Waals surface area contributed by atoms with E-state index in [1.54, 1.807) is 26.2 Å². The molecule has 6 nitrogen and oxygen atoms in total. The van der Waals surface area contributed by atoms with Gasteiger partial charge in [0.05, 0.1) is 12.7 Å². The molecule has 1 aromatic heterocycles. The Morgan fingerprint density at radius 2 is 1.74 bits per heavy atom. The van der Waals surface area contributed by atoms with E-state index >= 15 is 0 Å². The molecule has 0 aliphatic rings. The second-order valence-corrected chi connectivity index (χ2v) is 6.28. The molecule has 140 valence electrons. The summed E-state index contributed by atoms with van der Waals surface area (Å²) in [5.74, 6) is 1.63. The van der Waals surface area contributed by atoms with Crippen molar-refractivity contribution in [3.05, 3.63) is 70.6 Å². The van der Waals surface area contributed by atoms with Gasteiger partial charge in [0, 0.05) is 5.69 Å². The Bertz CT molecular complexity index is 945. The van der Waals surface area contributed by atoms with Gasteiger partial charge in [-0.25, -0.2) is 0 Å². The molecule has 1 N–H and O–H groups in total. The van der Waals surface area contributed by atoms with Gasteiger partial charge in [-0.1, -0.05) is 11.2 Å². The number of carbonyl (C=O) groups excluding carboxylic acids is 1. The minimum absolute atomic E-state index is 0.178. The fourth-order valence-corrected chi connectivity index (χ4v) is 2.58. The third-order valence-electron chi connectivity index (χ3n) is 4.41. The lowest BCUT2D eigenvalue weighted by Crippen LogP contribution is -2.15. The summed E-state index contributed by atoms with van der Waals surface area (Å²) >= 11 is 0. The number of amides is 1. The van der Waals surface area contributed by atoms with Gasteiger partial charge in [0.2, 0.25) is 0 Å². The molecule has 3 aromatic rings. The molecule has 0 saturated carbocycles. The van der Waals surface area contributed by atoms with E-state index in [0.29, 0.717) is 22.8 Å². The van der Waals surface area contributed by atoms with E-state index in [0.717, 1.165) is 11.3 Å². The fraction of sp³-hybridized carbons (Fsp3) is 0.238. The van der Waals surface area contributed by atoms with Gasteiger partial charge >= 0.3 is 0 Å². The predicted molar refractivity (Wildman–Crippen MR) is 102 cm³/mol. The first-order chi connectivity index (χ1) is 13.0. The zero-order valence-electron chi connectivity index (χ0n) is 15.8. The second kappa shape index (κ2) is 7.95. The Balaban J connectivity index is 1.72. The van der Waals surface area contributed by atoms with Gasteiger partial charge in [0.15, 0.2) is 5.69 Å². The van der Waals surface area contributed by atoms with Gasteiger partial charge in [-0.05, 0) is 68.3 Å². The first-order valence-electron chi connectivity index (χ1n) is 8.58. The van der Waals surface area contributed by atoms with Crippen molar-refractivity contribution in [2.24, 2.45) is 0 Å². The third-order valence-corrected chi connectivity index (χ3v) is 4.41. The number of rotatable bonds is 6. The Labute approximate surface area is 158 Å². The maximum atomic E-state index is 12.6. The summed E-state index contributed by atoms with van der Waals surface area (Å²) in [5, 5.41) is 6.76. The first kappa shape index (κ1) is 18.5. The zero-order valence-corrected chi connectivity index (χ0v) is 15.8. The number of benzene rings is 2.